The fourth-order valence-corrected chi connectivity index (χ4v) is 2.35. The molecule has 1 aromatic rings. The van der Waals surface area contributed by atoms with Gasteiger partial charge >= 0.3 is 0 Å². The van der Waals surface area contributed by atoms with Gasteiger partial charge < -0.3 is 10.5 Å². The Morgan fingerprint density at radius 2 is 2.41 bits per heavy atom. The SMILES string of the molecule is COC1CCN(Cc2cnccn2)C(CN)C1. The largest absolute Gasteiger partial charge is 0.381 e. The molecule has 2 rings (SSSR count). The van der Waals surface area contributed by atoms with Crippen LogP contribution in [0, 0.1) is 0 Å². The summed E-state index contributed by atoms with van der Waals surface area (Å²) in [7, 11) is 1.77. The van der Waals surface area contributed by atoms with Crippen LogP contribution in [0.4, 0.5) is 0 Å². The van der Waals surface area contributed by atoms with E-state index in [0.717, 1.165) is 31.6 Å². The smallest absolute Gasteiger partial charge is 0.0726 e. The maximum atomic E-state index is 5.83. The second kappa shape index (κ2) is 6.05. The topological polar surface area (TPSA) is 64.3 Å². The minimum absolute atomic E-state index is 0.349. The predicted molar refractivity (Wildman–Crippen MR) is 65.3 cm³/mol. The van der Waals surface area contributed by atoms with Crippen LogP contribution in [0.15, 0.2) is 18.6 Å². The van der Waals surface area contributed by atoms with E-state index in [4.69, 9.17) is 10.5 Å². The molecular formula is C12H20N4O. The molecule has 0 spiro atoms. The molecular weight excluding hydrogens is 216 g/mol. The number of hydrogen-bond donors (Lipinski definition) is 1. The van der Waals surface area contributed by atoms with Crippen LogP contribution in [-0.4, -0.2) is 47.2 Å². The molecule has 0 bridgehead atoms. The van der Waals surface area contributed by atoms with Crippen LogP contribution in [0.5, 0.6) is 0 Å². The molecule has 1 aliphatic rings. The highest BCUT2D eigenvalue weighted by atomic mass is 16.5. The van der Waals surface area contributed by atoms with Crippen LogP contribution in [0.25, 0.3) is 0 Å². The first-order valence-electron chi connectivity index (χ1n) is 6.05. The van der Waals surface area contributed by atoms with Gasteiger partial charge in [-0.1, -0.05) is 0 Å². The van der Waals surface area contributed by atoms with Crippen molar-refractivity contribution in [2.24, 2.45) is 5.73 Å². The molecule has 1 fully saturated rings. The van der Waals surface area contributed by atoms with Crippen molar-refractivity contribution in [3.05, 3.63) is 24.3 Å². The Morgan fingerprint density at radius 1 is 1.53 bits per heavy atom. The van der Waals surface area contributed by atoms with Crippen LogP contribution in [0.3, 0.4) is 0 Å². The molecule has 0 radical (unpaired) electrons. The average molecular weight is 236 g/mol. The zero-order chi connectivity index (χ0) is 12.1. The van der Waals surface area contributed by atoms with Crippen molar-refractivity contribution in [3.8, 4) is 0 Å². The first-order valence-corrected chi connectivity index (χ1v) is 6.05. The minimum Gasteiger partial charge on any atom is -0.381 e. The van der Waals surface area contributed by atoms with Crippen molar-refractivity contribution < 1.29 is 4.74 Å². The summed E-state index contributed by atoms with van der Waals surface area (Å²) in [5.41, 5.74) is 6.83. The number of likely N-dealkylation sites (tertiary alicyclic amines) is 1. The number of piperidine rings is 1. The van der Waals surface area contributed by atoms with Gasteiger partial charge in [0.05, 0.1) is 11.8 Å². The van der Waals surface area contributed by atoms with Crippen LogP contribution >= 0.6 is 0 Å². The number of hydrogen-bond acceptors (Lipinski definition) is 5. The van der Waals surface area contributed by atoms with Gasteiger partial charge in [-0.05, 0) is 12.8 Å². The van der Waals surface area contributed by atoms with E-state index < -0.39 is 0 Å². The first kappa shape index (κ1) is 12.4. The summed E-state index contributed by atoms with van der Waals surface area (Å²) in [6.07, 6.45) is 7.66. The lowest BCUT2D eigenvalue weighted by Crippen LogP contribution is -2.48. The normalized spacial score (nSPS) is 26.0. The van der Waals surface area contributed by atoms with E-state index in [1.54, 1.807) is 19.5 Å². The summed E-state index contributed by atoms with van der Waals surface area (Å²) >= 11 is 0. The third kappa shape index (κ3) is 3.21. The Hall–Kier alpha value is -1.04. The van der Waals surface area contributed by atoms with Gasteiger partial charge in [-0.2, -0.15) is 0 Å². The second-order valence-electron chi connectivity index (χ2n) is 4.44. The number of methoxy groups -OCH3 is 1. The van der Waals surface area contributed by atoms with E-state index in [1.165, 1.54) is 0 Å². The molecule has 2 atom stereocenters. The molecule has 0 amide bonds. The van der Waals surface area contributed by atoms with Crippen LogP contribution < -0.4 is 5.73 Å². The molecule has 5 nitrogen and oxygen atoms in total. The Labute approximate surface area is 102 Å². The van der Waals surface area contributed by atoms with Crippen molar-refractivity contribution in [2.75, 3.05) is 20.2 Å². The summed E-state index contributed by atoms with van der Waals surface area (Å²) in [4.78, 5) is 10.8. The molecule has 5 heteroatoms. The highest BCUT2D eigenvalue weighted by Crippen LogP contribution is 2.20. The van der Waals surface area contributed by atoms with Gasteiger partial charge in [-0.15, -0.1) is 0 Å². The summed E-state index contributed by atoms with van der Waals surface area (Å²) < 4.78 is 5.41. The number of ether oxygens (including phenoxy) is 1. The van der Waals surface area contributed by atoms with E-state index >= 15 is 0 Å². The number of nitrogens with two attached hydrogens (primary N) is 1. The van der Waals surface area contributed by atoms with Crippen molar-refractivity contribution in [1.29, 1.82) is 0 Å². The maximum Gasteiger partial charge on any atom is 0.0726 e. The van der Waals surface area contributed by atoms with E-state index in [2.05, 4.69) is 14.9 Å². The van der Waals surface area contributed by atoms with Gasteiger partial charge in [0, 0.05) is 51.4 Å². The molecule has 2 heterocycles. The first-order chi connectivity index (χ1) is 8.33. The molecule has 17 heavy (non-hydrogen) atoms. The van der Waals surface area contributed by atoms with Crippen molar-refractivity contribution >= 4 is 0 Å². The highest BCUT2D eigenvalue weighted by molar-refractivity contribution is 4.96. The molecule has 1 aliphatic heterocycles. The third-order valence-electron chi connectivity index (χ3n) is 3.38. The van der Waals surface area contributed by atoms with Gasteiger partial charge in [0.25, 0.3) is 0 Å². The Bertz CT molecular complexity index is 333. The summed E-state index contributed by atoms with van der Waals surface area (Å²) in [6.45, 7) is 2.50. The van der Waals surface area contributed by atoms with Gasteiger partial charge in [0.1, 0.15) is 0 Å². The van der Waals surface area contributed by atoms with Gasteiger partial charge in [-0.25, -0.2) is 0 Å². The number of rotatable bonds is 4. The lowest BCUT2D eigenvalue weighted by Gasteiger charge is -2.38. The second-order valence-corrected chi connectivity index (χ2v) is 4.44. The van der Waals surface area contributed by atoms with Gasteiger partial charge in [0.15, 0.2) is 0 Å². The molecule has 0 aromatic carbocycles. The molecule has 2 unspecified atom stereocenters. The molecule has 1 saturated heterocycles. The number of nitrogens with zero attached hydrogens (tertiary/aromatic N) is 3. The zero-order valence-corrected chi connectivity index (χ0v) is 10.2. The summed E-state index contributed by atoms with van der Waals surface area (Å²) in [5, 5.41) is 0. The average Bonchev–Trinajstić information content (AvgIpc) is 2.40. The maximum absolute atomic E-state index is 5.83. The monoisotopic (exact) mass is 236 g/mol. The highest BCUT2D eigenvalue weighted by Gasteiger charge is 2.27. The molecule has 0 saturated carbocycles. The number of aromatic nitrogens is 2. The Morgan fingerprint density at radius 3 is 3.06 bits per heavy atom. The third-order valence-corrected chi connectivity index (χ3v) is 3.38. The summed E-state index contributed by atoms with van der Waals surface area (Å²) in [5.74, 6) is 0. The van der Waals surface area contributed by atoms with Crippen LogP contribution in [0.1, 0.15) is 18.5 Å². The summed E-state index contributed by atoms with van der Waals surface area (Å²) in [6, 6.07) is 0.385. The lowest BCUT2D eigenvalue weighted by molar-refractivity contribution is 0.00974. The molecule has 2 N–H and O–H groups in total. The van der Waals surface area contributed by atoms with Crippen molar-refractivity contribution in [1.82, 2.24) is 14.9 Å². The molecule has 0 aliphatic carbocycles. The van der Waals surface area contributed by atoms with Crippen LogP contribution in [0.2, 0.25) is 0 Å². The van der Waals surface area contributed by atoms with Gasteiger partial charge in [0.2, 0.25) is 0 Å². The van der Waals surface area contributed by atoms with E-state index in [9.17, 15) is 0 Å². The van der Waals surface area contributed by atoms with Crippen molar-refractivity contribution in [2.45, 2.75) is 31.5 Å². The molecule has 94 valence electrons. The lowest BCUT2D eigenvalue weighted by atomic mass is 9.99. The van der Waals surface area contributed by atoms with Gasteiger partial charge in [-0.3, -0.25) is 14.9 Å². The quantitative estimate of drug-likeness (QED) is 0.820. The van der Waals surface area contributed by atoms with E-state index in [1.807, 2.05) is 6.20 Å². The molecule has 1 aromatic heterocycles. The fraction of sp³-hybridized carbons (Fsp3) is 0.667. The Kier molecular flexibility index (Phi) is 4.42. The minimum atomic E-state index is 0.349. The predicted octanol–water partition coefficient (Wildman–Crippen LogP) is 0.415. The fourth-order valence-electron chi connectivity index (χ4n) is 2.35. The van der Waals surface area contributed by atoms with Crippen LogP contribution in [-0.2, 0) is 11.3 Å². The Balaban J connectivity index is 1.96. The van der Waals surface area contributed by atoms with E-state index in [-0.39, 0.29) is 0 Å². The zero-order valence-electron chi connectivity index (χ0n) is 10.2. The van der Waals surface area contributed by atoms with Crippen molar-refractivity contribution in [3.63, 3.8) is 0 Å². The standard InChI is InChI=1S/C12H20N4O/c1-17-12-2-5-16(11(6-12)7-13)9-10-8-14-3-4-15-10/h3-4,8,11-12H,2,5-7,9,13H2,1H3. The van der Waals surface area contributed by atoms with E-state index in [0.29, 0.717) is 18.7 Å².